The molecule has 0 bridgehead atoms. The molecule has 0 spiro atoms. The van der Waals surface area contributed by atoms with Crippen LogP contribution in [0.25, 0.3) is 0 Å². The summed E-state index contributed by atoms with van der Waals surface area (Å²) in [5.41, 5.74) is 0.198. The first kappa shape index (κ1) is 12.9. The SMILES string of the molecule is OC(c1cccc(F)c1)c1cc(F)c(F)cc1Cl. The van der Waals surface area contributed by atoms with Gasteiger partial charge in [-0.2, -0.15) is 0 Å². The van der Waals surface area contributed by atoms with Crippen LogP contribution in [-0.2, 0) is 0 Å². The van der Waals surface area contributed by atoms with Gasteiger partial charge in [0.15, 0.2) is 11.6 Å². The number of aliphatic hydroxyl groups is 1. The van der Waals surface area contributed by atoms with Crippen LogP contribution in [0.4, 0.5) is 13.2 Å². The van der Waals surface area contributed by atoms with E-state index in [9.17, 15) is 18.3 Å². The van der Waals surface area contributed by atoms with Gasteiger partial charge in [0.25, 0.3) is 0 Å². The molecular formula is C13H8ClF3O. The van der Waals surface area contributed by atoms with Crippen LogP contribution in [0.1, 0.15) is 17.2 Å². The van der Waals surface area contributed by atoms with Crippen LogP contribution in [0.15, 0.2) is 36.4 Å². The fourth-order valence-corrected chi connectivity index (χ4v) is 1.86. The van der Waals surface area contributed by atoms with Crippen LogP contribution in [0.2, 0.25) is 5.02 Å². The predicted molar refractivity (Wildman–Crippen MR) is 61.8 cm³/mol. The van der Waals surface area contributed by atoms with E-state index in [1.54, 1.807) is 0 Å². The molecule has 2 aromatic rings. The zero-order valence-corrected chi connectivity index (χ0v) is 9.76. The van der Waals surface area contributed by atoms with Crippen molar-refractivity contribution >= 4 is 11.6 Å². The summed E-state index contributed by atoms with van der Waals surface area (Å²) < 4.78 is 39.0. The maximum atomic E-state index is 13.1. The summed E-state index contributed by atoms with van der Waals surface area (Å²) in [5.74, 6) is -2.76. The fourth-order valence-electron chi connectivity index (χ4n) is 1.60. The van der Waals surface area contributed by atoms with E-state index in [1.165, 1.54) is 18.2 Å². The molecule has 2 aromatic carbocycles. The Labute approximate surface area is 106 Å². The van der Waals surface area contributed by atoms with Crippen molar-refractivity contribution in [3.8, 4) is 0 Å². The van der Waals surface area contributed by atoms with Crippen LogP contribution in [0.3, 0.4) is 0 Å². The molecule has 94 valence electrons. The third-order valence-corrected chi connectivity index (χ3v) is 2.83. The van der Waals surface area contributed by atoms with Gasteiger partial charge in [0.05, 0.1) is 0 Å². The molecule has 0 amide bonds. The van der Waals surface area contributed by atoms with Gasteiger partial charge in [0.2, 0.25) is 0 Å². The molecule has 1 unspecified atom stereocenters. The van der Waals surface area contributed by atoms with Crippen molar-refractivity contribution < 1.29 is 18.3 Å². The van der Waals surface area contributed by atoms with Gasteiger partial charge < -0.3 is 5.11 Å². The second-order valence-electron chi connectivity index (χ2n) is 3.75. The minimum absolute atomic E-state index is 0.0128. The van der Waals surface area contributed by atoms with Crippen LogP contribution >= 0.6 is 11.6 Å². The van der Waals surface area contributed by atoms with E-state index in [1.807, 2.05) is 0 Å². The molecule has 0 aliphatic rings. The molecule has 2 rings (SSSR count). The lowest BCUT2D eigenvalue weighted by Gasteiger charge is -2.13. The molecule has 0 aliphatic heterocycles. The molecule has 0 aliphatic carbocycles. The normalized spacial score (nSPS) is 12.5. The first-order valence-electron chi connectivity index (χ1n) is 5.07. The fraction of sp³-hybridized carbons (Fsp3) is 0.0769. The molecule has 1 nitrogen and oxygen atoms in total. The lowest BCUT2D eigenvalue weighted by atomic mass is 10.0. The Bertz CT molecular complexity index is 586. The Balaban J connectivity index is 2.46. The van der Waals surface area contributed by atoms with Crippen molar-refractivity contribution in [1.82, 2.24) is 0 Å². The molecule has 5 heteroatoms. The van der Waals surface area contributed by atoms with Crippen molar-refractivity contribution in [3.63, 3.8) is 0 Å². The highest BCUT2D eigenvalue weighted by molar-refractivity contribution is 6.31. The van der Waals surface area contributed by atoms with Crippen LogP contribution in [0, 0.1) is 17.5 Å². The zero-order chi connectivity index (χ0) is 13.3. The third kappa shape index (κ3) is 2.49. The van der Waals surface area contributed by atoms with Crippen LogP contribution in [-0.4, -0.2) is 5.11 Å². The first-order chi connectivity index (χ1) is 8.49. The Morgan fingerprint density at radius 2 is 1.67 bits per heavy atom. The van der Waals surface area contributed by atoms with Crippen LogP contribution < -0.4 is 0 Å². The van der Waals surface area contributed by atoms with E-state index in [-0.39, 0.29) is 16.1 Å². The molecule has 0 radical (unpaired) electrons. The Hall–Kier alpha value is -1.52. The number of rotatable bonds is 2. The second kappa shape index (κ2) is 5.00. The number of hydrogen-bond acceptors (Lipinski definition) is 1. The number of hydrogen-bond donors (Lipinski definition) is 1. The van der Waals surface area contributed by atoms with E-state index < -0.39 is 23.6 Å². The van der Waals surface area contributed by atoms with Gasteiger partial charge in [-0.1, -0.05) is 23.7 Å². The van der Waals surface area contributed by atoms with Gasteiger partial charge in [-0.25, -0.2) is 13.2 Å². The van der Waals surface area contributed by atoms with Gasteiger partial charge in [-0.15, -0.1) is 0 Å². The number of benzene rings is 2. The smallest absolute Gasteiger partial charge is 0.160 e. The third-order valence-electron chi connectivity index (χ3n) is 2.50. The predicted octanol–water partition coefficient (Wildman–Crippen LogP) is 3.84. The van der Waals surface area contributed by atoms with Crippen LogP contribution in [0.5, 0.6) is 0 Å². The monoisotopic (exact) mass is 272 g/mol. The highest BCUT2D eigenvalue weighted by Gasteiger charge is 2.17. The van der Waals surface area contributed by atoms with Crippen molar-refractivity contribution in [1.29, 1.82) is 0 Å². The van der Waals surface area contributed by atoms with E-state index >= 15 is 0 Å². The quantitative estimate of drug-likeness (QED) is 0.824. The van der Waals surface area contributed by atoms with Crippen molar-refractivity contribution in [2.24, 2.45) is 0 Å². The van der Waals surface area contributed by atoms with Gasteiger partial charge in [0.1, 0.15) is 11.9 Å². The van der Waals surface area contributed by atoms with Gasteiger partial charge in [0, 0.05) is 10.6 Å². The van der Waals surface area contributed by atoms with E-state index in [4.69, 9.17) is 11.6 Å². The molecule has 0 heterocycles. The second-order valence-corrected chi connectivity index (χ2v) is 4.15. The highest BCUT2D eigenvalue weighted by Crippen LogP contribution is 2.30. The maximum absolute atomic E-state index is 13.1. The minimum Gasteiger partial charge on any atom is -0.384 e. The Morgan fingerprint density at radius 1 is 1.00 bits per heavy atom. The average Bonchev–Trinajstić information content (AvgIpc) is 2.33. The van der Waals surface area contributed by atoms with Crippen molar-refractivity contribution in [2.45, 2.75) is 6.10 Å². The molecule has 1 atom stereocenters. The maximum Gasteiger partial charge on any atom is 0.160 e. The standard InChI is InChI=1S/C13H8ClF3O/c14-10-6-12(17)11(16)5-9(10)13(18)7-2-1-3-8(15)4-7/h1-6,13,18H. The molecule has 0 aromatic heterocycles. The number of halogens is 4. The molecule has 1 N–H and O–H groups in total. The first-order valence-corrected chi connectivity index (χ1v) is 5.45. The summed E-state index contributed by atoms with van der Waals surface area (Å²) in [6, 6.07) is 6.75. The molecule has 0 fully saturated rings. The van der Waals surface area contributed by atoms with Crippen molar-refractivity contribution in [2.75, 3.05) is 0 Å². The van der Waals surface area contributed by atoms with E-state index in [2.05, 4.69) is 0 Å². The van der Waals surface area contributed by atoms with Gasteiger partial charge >= 0.3 is 0 Å². The zero-order valence-electron chi connectivity index (χ0n) is 9.00. The Morgan fingerprint density at radius 3 is 2.33 bits per heavy atom. The molecule has 0 saturated carbocycles. The van der Waals surface area contributed by atoms with Gasteiger partial charge in [-0.05, 0) is 29.8 Å². The summed E-state index contributed by atoms with van der Waals surface area (Å²) in [5, 5.41) is 9.85. The lowest BCUT2D eigenvalue weighted by molar-refractivity contribution is 0.219. The lowest BCUT2D eigenvalue weighted by Crippen LogP contribution is -2.02. The van der Waals surface area contributed by atoms with Crippen molar-refractivity contribution in [3.05, 3.63) is 70.0 Å². The highest BCUT2D eigenvalue weighted by atomic mass is 35.5. The summed E-state index contributed by atoms with van der Waals surface area (Å²) in [6.45, 7) is 0. The molecule has 0 saturated heterocycles. The Kier molecular flexibility index (Phi) is 3.59. The average molecular weight is 273 g/mol. The topological polar surface area (TPSA) is 20.2 Å². The van der Waals surface area contributed by atoms with E-state index in [0.717, 1.165) is 18.2 Å². The largest absolute Gasteiger partial charge is 0.384 e. The summed E-state index contributed by atoms with van der Waals surface area (Å²) in [7, 11) is 0. The van der Waals surface area contributed by atoms with E-state index in [0.29, 0.717) is 0 Å². The number of aliphatic hydroxyl groups excluding tert-OH is 1. The summed E-state index contributed by atoms with van der Waals surface area (Å²) >= 11 is 5.73. The molecular weight excluding hydrogens is 265 g/mol. The van der Waals surface area contributed by atoms with Gasteiger partial charge in [-0.3, -0.25) is 0 Å². The minimum atomic E-state index is -1.32. The summed E-state index contributed by atoms with van der Waals surface area (Å²) in [6.07, 6.45) is -1.32. The molecule has 18 heavy (non-hydrogen) atoms. The summed E-state index contributed by atoms with van der Waals surface area (Å²) in [4.78, 5) is 0.